The molecule has 0 bridgehead atoms. The van der Waals surface area contributed by atoms with Crippen LogP contribution in [-0.4, -0.2) is 11.9 Å². The molecule has 0 heterocycles. The fourth-order valence-corrected chi connectivity index (χ4v) is 2.45. The van der Waals surface area contributed by atoms with E-state index in [1.54, 1.807) is 0 Å². The smallest absolute Gasteiger partial charge is 0.0921 e. The minimum atomic E-state index is 0.162. The Labute approximate surface area is 121 Å². The number of halogens is 2. The van der Waals surface area contributed by atoms with Crippen LogP contribution in [0.3, 0.4) is 0 Å². The van der Waals surface area contributed by atoms with E-state index in [0.717, 1.165) is 28.7 Å². The van der Waals surface area contributed by atoms with E-state index in [1.807, 2.05) is 0 Å². The van der Waals surface area contributed by atoms with Crippen molar-refractivity contribution in [1.82, 2.24) is 0 Å². The second-order valence-corrected chi connectivity index (χ2v) is 6.16. The molecule has 3 heteroatoms. The lowest BCUT2D eigenvalue weighted by molar-refractivity contribution is 0.0654. The molecule has 1 atom stereocenters. The average Bonchev–Trinajstić information content (AvgIpc) is 2.30. The van der Waals surface area contributed by atoms with Gasteiger partial charge >= 0.3 is 0 Å². The van der Waals surface area contributed by atoms with Crippen LogP contribution in [0.2, 0.25) is 0 Å². The van der Waals surface area contributed by atoms with Gasteiger partial charge in [-0.25, -0.2) is 0 Å². The number of ether oxygens (including phenoxy) is 1. The van der Waals surface area contributed by atoms with Gasteiger partial charge in [-0.2, -0.15) is 0 Å². The molecule has 0 saturated heterocycles. The molecular formula is C14H20Br2O. The molecule has 0 aromatic heterocycles. The normalized spacial score (nSPS) is 13.0. The molecule has 0 radical (unpaired) electrons. The third-order valence-electron chi connectivity index (χ3n) is 2.63. The monoisotopic (exact) mass is 362 g/mol. The number of alkyl halides is 1. The van der Waals surface area contributed by atoms with Crippen molar-refractivity contribution in [2.75, 3.05) is 11.9 Å². The van der Waals surface area contributed by atoms with Gasteiger partial charge in [0.05, 0.1) is 6.10 Å². The fraction of sp³-hybridized carbons (Fsp3) is 0.571. The predicted octanol–water partition coefficient (Wildman–Crippen LogP) is 5.34. The highest BCUT2D eigenvalue weighted by Gasteiger charge is 2.10. The summed E-state index contributed by atoms with van der Waals surface area (Å²) in [5.74, 6) is 0.758. The van der Waals surface area contributed by atoms with E-state index in [1.165, 1.54) is 12.0 Å². The van der Waals surface area contributed by atoms with Gasteiger partial charge in [0.15, 0.2) is 0 Å². The summed E-state index contributed by atoms with van der Waals surface area (Å²) < 4.78 is 7.01. The lowest BCUT2D eigenvalue weighted by Crippen LogP contribution is -2.07. The van der Waals surface area contributed by atoms with Gasteiger partial charge in [0.25, 0.3) is 0 Å². The zero-order valence-electron chi connectivity index (χ0n) is 10.5. The Morgan fingerprint density at radius 2 is 1.82 bits per heavy atom. The number of benzene rings is 1. The summed E-state index contributed by atoms with van der Waals surface area (Å²) >= 11 is 6.96. The number of hydrogen-bond acceptors (Lipinski definition) is 1. The van der Waals surface area contributed by atoms with Crippen molar-refractivity contribution in [2.24, 2.45) is 5.92 Å². The van der Waals surface area contributed by atoms with Crippen LogP contribution >= 0.6 is 31.9 Å². The summed E-state index contributed by atoms with van der Waals surface area (Å²) in [6.45, 7) is 5.33. The maximum Gasteiger partial charge on any atom is 0.0921 e. The van der Waals surface area contributed by atoms with Gasteiger partial charge in [-0.05, 0) is 36.5 Å². The van der Waals surface area contributed by atoms with Gasteiger partial charge < -0.3 is 4.74 Å². The van der Waals surface area contributed by atoms with Crippen LogP contribution in [0.15, 0.2) is 28.7 Å². The topological polar surface area (TPSA) is 9.23 Å². The summed E-state index contributed by atoms with van der Waals surface area (Å²) in [7, 11) is 0. The molecule has 1 nitrogen and oxygen atoms in total. The molecule has 0 N–H and O–H groups in total. The van der Waals surface area contributed by atoms with Gasteiger partial charge in [0.1, 0.15) is 0 Å². The largest absolute Gasteiger partial charge is 0.373 e. The van der Waals surface area contributed by atoms with Gasteiger partial charge in [-0.1, -0.05) is 57.8 Å². The van der Waals surface area contributed by atoms with E-state index in [0.29, 0.717) is 0 Å². The first-order valence-electron chi connectivity index (χ1n) is 6.06. The average molecular weight is 364 g/mol. The van der Waals surface area contributed by atoms with Crippen molar-refractivity contribution in [3.05, 3.63) is 34.3 Å². The Morgan fingerprint density at radius 1 is 1.18 bits per heavy atom. The molecule has 0 spiro atoms. The molecular weight excluding hydrogens is 344 g/mol. The minimum absolute atomic E-state index is 0.162. The van der Waals surface area contributed by atoms with Gasteiger partial charge in [-0.3, -0.25) is 0 Å². The van der Waals surface area contributed by atoms with E-state index < -0.39 is 0 Å². The third kappa shape index (κ3) is 6.03. The number of rotatable bonds is 7. The summed E-state index contributed by atoms with van der Waals surface area (Å²) in [6, 6.07) is 8.34. The Hall–Kier alpha value is 0.140. The van der Waals surface area contributed by atoms with E-state index in [-0.39, 0.29) is 6.10 Å². The first-order chi connectivity index (χ1) is 8.13. The molecule has 1 aromatic carbocycles. The van der Waals surface area contributed by atoms with Crippen molar-refractivity contribution in [3.8, 4) is 0 Å². The highest BCUT2D eigenvalue weighted by atomic mass is 79.9. The second kappa shape index (κ2) is 8.28. The summed E-state index contributed by atoms with van der Waals surface area (Å²) in [5, 5.41) is 0.844. The van der Waals surface area contributed by atoms with Gasteiger partial charge in [0, 0.05) is 16.4 Å². The van der Waals surface area contributed by atoms with Gasteiger partial charge in [-0.15, -0.1) is 0 Å². The highest BCUT2D eigenvalue weighted by Crippen LogP contribution is 2.22. The molecule has 1 aromatic rings. The van der Waals surface area contributed by atoms with Crippen molar-refractivity contribution in [2.45, 2.75) is 32.8 Å². The van der Waals surface area contributed by atoms with Crippen LogP contribution in [0.5, 0.6) is 0 Å². The summed E-state index contributed by atoms with van der Waals surface area (Å²) in [6.07, 6.45) is 2.53. The third-order valence-corrected chi connectivity index (χ3v) is 3.74. The highest BCUT2D eigenvalue weighted by molar-refractivity contribution is 9.10. The Kier molecular flexibility index (Phi) is 7.40. The maximum atomic E-state index is 5.91. The van der Waals surface area contributed by atoms with E-state index in [2.05, 4.69) is 70.0 Å². The van der Waals surface area contributed by atoms with Crippen molar-refractivity contribution in [3.63, 3.8) is 0 Å². The summed E-state index contributed by atoms with van der Waals surface area (Å²) in [4.78, 5) is 0. The molecule has 0 amide bonds. The summed E-state index contributed by atoms with van der Waals surface area (Å²) in [5.41, 5.74) is 1.23. The van der Waals surface area contributed by atoms with Gasteiger partial charge in [0.2, 0.25) is 0 Å². The molecule has 0 saturated carbocycles. The number of hydrogen-bond donors (Lipinski definition) is 0. The molecule has 1 unspecified atom stereocenters. The van der Waals surface area contributed by atoms with Crippen LogP contribution < -0.4 is 0 Å². The molecule has 0 aliphatic heterocycles. The lowest BCUT2D eigenvalue weighted by Gasteiger charge is -2.16. The van der Waals surface area contributed by atoms with E-state index in [4.69, 9.17) is 4.74 Å². The lowest BCUT2D eigenvalue weighted by atomic mass is 10.1. The van der Waals surface area contributed by atoms with Crippen LogP contribution in [0.4, 0.5) is 0 Å². The fourth-order valence-electron chi connectivity index (χ4n) is 1.62. The SMILES string of the molecule is CC(C)CCCOC(CBr)c1ccc(Br)cc1. The van der Waals surface area contributed by atoms with E-state index >= 15 is 0 Å². The quantitative estimate of drug-likeness (QED) is 0.469. The van der Waals surface area contributed by atoms with Crippen LogP contribution in [0, 0.1) is 5.92 Å². The molecule has 0 fully saturated rings. The zero-order valence-corrected chi connectivity index (χ0v) is 13.6. The van der Waals surface area contributed by atoms with Crippen molar-refractivity contribution >= 4 is 31.9 Å². The molecule has 0 aliphatic rings. The Bertz CT molecular complexity index is 309. The van der Waals surface area contributed by atoms with Crippen LogP contribution in [-0.2, 0) is 4.74 Å². The molecule has 96 valence electrons. The van der Waals surface area contributed by atoms with Crippen LogP contribution in [0.25, 0.3) is 0 Å². The second-order valence-electron chi connectivity index (χ2n) is 4.60. The standard InChI is InChI=1S/C14H20Br2O/c1-11(2)4-3-9-17-14(10-15)12-5-7-13(16)8-6-12/h5-8,11,14H,3-4,9-10H2,1-2H3. The maximum absolute atomic E-state index is 5.91. The zero-order chi connectivity index (χ0) is 12.7. The Balaban J connectivity index is 2.40. The predicted molar refractivity (Wildman–Crippen MR) is 80.7 cm³/mol. The Morgan fingerprint density at radius 3 is 2.35 bits per heavy atom. The minimum Gasteiger partial charge on any atom is -0.373 e. The van der Waals surface area contributed by atoms with Crippen molar-refractivity contribution in [1.29, 1.82) is 0 Å². The molecule has 0 aliphatic carbocycles. The first kappa shape index (κ1) is 15.2. The van der Waals surface area contributed by atoms with Crippen molar-refractivity contribution < 1.29 is 4.74 Å². The first-order valence-corrected chi connectivity index (χ1v) is 7.98. The van der Waals surface area contributed by atoms with Crippen LogP contribution in [0.1, 0.15) is 38.4 Å². The van der Waals surface area contributed by atoms with E-state index in [9.17, 15) is 0 Å². The molecule has 1 rings (SSSR count). The molecule has 17 heavy (non-hydrogen) atoms.